The average molecular weight is 123 g/mol. The summed E-state index contributed by atoms with van der Waals surface area (Å²) >= 11 is 0. The van der Waals surface area contributed by atoms with Gasteiger partial charge >= 0.3 is 0 Å². The Hall–Kier alpha value is 0.250. The Balaban J connectivity index is 3.05. The van der Waals surface area contributed by atoms with Gasteiger partial charge in [0.25, 0.3) is 0 Å². The maximum Gasteiger partial charge on any atom is 0.0195 e. The van der Waals surface area contributed by atoms with E-state index in [2.05, 4.69) is 12.4 Å². The number of hydrogen-bond acceptors (Lipinski definition) is 0. The zero-order valence-corrected chi connectivity index (χ0v) is 5.06. The molecule has 0 spiro atoms. The van der Waals surface area contributed by atoms with E-state index in [4.69, 9.17) is 10.7 Å². The largest absolute Gasteiger partial charge is 0.102 e. The molecule has 0 rings (SSSR count). The summed E-state index contributed by atoms with van der Waals surface area (Å²) < 4.78 is 0. The van der Waals surface area contributed by atoms with Gasteiger partial charge in [-0.2, -0.15) is 0 Å². The Bertz CT molecular complexity index is 67.9. The Labute approximate surface area is 45.2 Å². The molecule has 0 N–H and O–H groups in total. The smallest absolute Gasteiger partial charge is 0.0195 e. The second-order valence-electron chi connectivity index (χ2n) is 0.878. The van der Waals surface area contributed by atoms with Crippen LogP contribution in [0.4, 0.5) is 0 Å². The number of halogens is 1. The highest BCUT2D eigenvalue weighted by atomic mass is 35.7. The Morgan fingerprint density at radius 3 is 2.33 bits per heavy atom. The van der Waals surface area contributed by atoms with Gasteiger partial charge in [-0.1, -0.05) is 32.3 Å². The minimum absolute atomic E-state index is 0.211. The zero-order chi connectivity index (χ0) is 4.99. The lowest BCUT2D eigenvalue weighted by Gasteiger charge is -1.82. The fourth-order valence-corrected chi connectivity index (χ4v) is 0.651. The fraction of sp³-hybridized carbons (Fsp3) is 0.250. The van der Waals surface area contributed by atoms with Gasteiger partial charge in [0.1, 0.15) is 0 Å². The highest BCUT2D eigenvalue weighted by Gasteiger charge is 1.72. The first-order valence-electron chi connectivity index (χ1n) is 1.55. The molecule has 0 aliphatic rings. The predicted molar refractivity (Wildman–Crippen MR) is 35.6 cm³/mol. The third kappa shape index (κ3) is 4.25. The third-order valence-corrected chi connectivity index (χ3v) is 1.27. The van der Waals surface area contributed by atoms with Crippen LogP contribution in [0.25, 0.3) is 0 Å². The molecule has 1 unspecified atom stereocenters. The Morgan fingerprint density at radius 2 is 2.33 bits per heavy atom. The van der Waals surface area contributed by atoms with Crippen molar-refractivity contribution in [2.75, 3.05) is 5.75 Å². The molecule has 0 aliphatic carbocycles. The molecular weight excluding hydrogens is 116 g/mol. The molecule has 1 atom stereocenters. The van der Waals surface area contributed by atoms with E-state index in [0.717, 1.165) is 5.75 Å². The van der Waals surface area contributed by atoms with E-state index in [-0.39, 0.29) is 9.70 Å². The summed E-state index contributed by atoms with van der Waals surface area (Å²) in [6.07, 6.45) is 1.77. The Kier molecular flexibility index (Phi) is 3.58. The molecule has 0 amide bonds. The first-order valence-corrected chi connectivity index (χ1v) is 3.94. The van der Waals surface area contributed by atoms with Crippen LogP contribution >= 0.6 is 20.4 Å². The van der Waals surface area contributed by atoms with Crippen LogP contribution in [-0.2, 0) is 0 Å². The fourth-order valence-electron chi connectivity index (χ4n) is 0.128. The lowest BCUT2D eigenvalue weighted by Crippen LogP contribution is -1.59. The van der Waals surface area contributed by atoms with Crippen molar-refractivity contribution in [2.45, 2.75) is 0 Å². The van der Waals surface area contributed by atoms with E-state index in [1.54, 1.807) is 6.08 Å². The molecule has 0 aliphatic heterocycles. The zero-order valence-electron chi connectivity index (χ0n) is 3.48. The van der Waals surface area contributed by atoms with E-state index >= 15 is 0 Å². The average Bonchev–Trinajstić information content (AvgIpc) is 1.35. The van der Waals surface area contributed by atoms with Gasteiger partial charge in [-0.25, -0.2) is 0 Å². The van der Waals surface area contributed by atoms with Crippen LogP contribution in [0.15, 0.2) is 12.7 Å². The van der Waals surface area contributed by atoms with E-state index < -0.39 is 0 Å². The summed E-state index contributed by atoms with van der Waals surface area (Å²) in [5.41, 5.74) is 0. The number of rotatable bonds is 2. The number of hydrogen-bond donors (Lipinski definition) is 0. The van der Waals surface area contributed by atoms with Crippen molar-refractivity contribution in [2.24, 2.45) is 0 Å². The van der Waals surface area contributed by atoms with Crippen molar-refractivity contribution >= 4 is 26.3 Å². The lowest BCUT2D eigenvalue weighted by molar-refractivity contribution is 1.84. The SMILES string of the molecule is C=CCS(=C)Cl. The summed E-state index contributed by atoms with van der Waals surface area (Å²) in [6.45, 7) is 3.48. The molecular formula is C4H7ClS. The quantitative estimate of drug-likeness (QED) is 0.389. The molecule has 0 fully saturated rings. The summed E-state index contributed by atoms with van der Waals surface area (Å²) in [5.74, 6) is 4.37. The van der Waals surface area contributed by atoms with Crippen LogP contribution in [0, 0.1) is 0 Å². The molecule has 0 aromatic rings. The van der Waals surface area contributed by atoms with Gasteiger partial charge in [0.2, 0.25) is 0 Å². The maximum absolute atomic E-state index is 5.42. The predicted octanol–water partition coefficient (Wildman–Crippen LogP) is 2.03. The molecule has 0 heterocycles. The van der Waals surface area contributed by atoms with E-state index in [9.17, 15) is 0 Å². The van der Waals surface area contributed by atoms with Crippen molar-refractivity contribution in [1.82, 2.24) is 0 Å². The highest BCUT2D eigenvalue weighted by Crippen LogP contribution is 2.13. The summed E-state index contributed by atoms with van der Waals surface area (Å²) in [7, 11) is 5.21. The highest BCUT2D eigenvalue weighted by molar-refractivity contribution is 8.33. The van der Waals surface area contributed by atoms with Crippen LogP contribution in [0.3, 0.4) is 0 Å². The minimum Gasteiger partial charge on any atom is -0.102 e. The van der Waals surface area contributed by atoms with E-state index in [1.807, 2.05) is 0 Å². The van der Waals surface area contributed by atoms with Gasteiger partial charge in [-0.3, -0.25) is 0 Å². The molecule has 0 saturated heterocycles. The third-order valence-electron chi connectivity index (χ3n) is 0.299. The summed E-state index contributed by atoms with van der Waals surface area (Å²) in [4.78, 5) is 0. The molecule has 0 saturated carbocycles. The molecule has 6 heavy (non-hydrogen) atoms. The van der Waals surface area contributed by atoms with Crippen LogP contribution < -0.4 is 0 Å². The van der Waals surface area contributed by atoms with Crippen LogP contribution in [0.5, 0.6) is 0 Å². The lowest BCUT2D eigenvalue weighted by atomic mass is 10.8. The minimum atomic E-state index is -0.211. The van der Waals surface area contributed by atoms with Crippen LogP contribution in [0.2, 0.25) is 0 Å². The second kappa shape index (κ2) is 3.44. The summed E-state index contributed by atoms with van der Waals surface area (Å²) in [6, 6.07) is 0. The van der Waals surface area contributed by atoms with Crippen molar-refractivity contribution in [3.8, 4) is 0 Å². The van der Waals surface area contributed by atoms with Crippen LogP contribution in [0.1, 0.15) is 0 Å². The van der Waals surface area contributed by atoms with E-state index in [1.165, 1.54) is 0 Å². The standard InChI is InChI=1S/C4H7ClS/c1-3-4-6(2)5/h3H,1-2,4H2. The van der Waals surface area contributed by atoms with Gasteiger partial charge in [0, 0.05) is 5.75 Å². The van der Waals surface area contributed by atoms with E-state index in [0.29, 0.717) is 0 Å². The normalized spacial score (nSPS) is 13.5. The molecule has 0 aromatic carbocycles. The van der Waals surface area contributed by atoms with Gasteiger partial charge in [0.15, 0.2) is 0 Å². The van der Waals surface area contributed by atoms with Crippen LogP contribution in [-0.4, -0.2) is 11.6 Å². The van der Waals surface area contributed by atoms with Crippen molar-refractivity contribution in [3.05, 3.63) is 12.7 Å². The van der Waals surface area contributed by atoms with Gasteiger partial charge in [-0.05, 0) is 0 Å². The summed E-state index contributed by atoms with van der Waals surface area (Å²) in [5, 5.41) is 0. The van der Waals surface area contributed by atoms with Crippen molar-refractivity contribution in [1.29, 1.82) is 0 Å². The Morgan fingerprint density at radius 1 is 1.83 bits per heavy atom. The molecule has 0 bridgehead atoms. The van der Waals surface area contributed by atoms with Crippen molar-refractivity contribution in [3.63, 3.8) is 0 Å². The molecule has 0 radical (unpaired) electrons. The molecule has 0 aromatic heterocycles. The van der Waals surface area contributed by atoms with Gasteiger partial charge in [0.05, 0.1) is 0 Å². The van der Waals surface area contributed by atoms with Crippen molar-refractivity contribution < 1.29 is 0 Å². The molecule has 36 valence electrons. The van der Waals surface area contributed by atoms with Gasteiger partial charge < -0.3 is 0 Å². The first kappa shape index (κ1) is 6.25. The molecule has 2 heteroatoms. The molecule has 0 nitrogen and oxygen atoms in total. The maximum atomic E-state index is 5.42. The monoisotopic (exact) mass is 122 g/mol. The topological polar surface area (TPSA) is 0 Å². The first-order chi connectivity index (χ1) is 2.77. The van der Waals surface area contributed by atoms with Gasteiger partial charge in [-0.15, -0.1) is 6.58 Å². The second-order valence-corrected chi connectivity index (χ2v) is 3.37.